The lowest BCUT2D eigenvalue weighted by Gasteiger charge is -2.02. The first-order valence-corrected chi connectivity index (χ1v) is 6.91. The van der Waals surface area contributed by atoms with Gasteiger partial charge in [0.2, 0.25) is 0 Å². The minimum atomic E-state index is -0.668. The highest BCUT2D eigenvalue weighted by Crippen LogP contribution is 2.11. The molecule has 0 fully saturated rings. The largest absolute Gasteiger partial charge is 0.346 e. The van der Waals surface area contributed by atoms with Gasteiger partial charge in [0, 0.05) is 4.43 Å². The van der Waals surface area contributed by atoms with Crippen molar-refractivity contribution < 1.29 is 4.39 Å². The topological polar surface area (TPSA) is 70.1 Å². The monoisotopic (exact) mass is 372 g/mol. The second kappa shape index (κ2) is 6.41. The molecule has 7 heteroatoms. The fourth-order valence-electron chi connectivity index (χ4n) is 1.41. The molecule has 0 unspecified atom stereocenters. The summed E-state index contributed by atoms with van der Waals surface area (Å²) in [6.45, 7) is 0. The van der Waals surface area contributed by atoms with Gasteiger partial charge in [-0.05, 0) is 11.1 Å². The molecule has 0 amide bonds. The number of nitrogens with zero attached hydrogens (tertiary/aromatic N) is 2. The van der Waals surface area contributed by atoms with Crippen LogP contribution in [-0.4, -0.2) is 16.2 Å². The number of alkyl halides is 1. The van der Waals surface area contributed by atoms with Crippen molar-refractivity contribution in [2.45, 2.75) is 4.43 Å². The minimum absolute atomic E-state index is 0.108. The van der Waals surface area contributed by atoms with E-state index in [2.05, 4.69) is 43.1 Å². The summed E-state index contributed by atoms with van der Waals surface area (Å²) in [5.74, 6) is -0.776. The van der Waals surface area contributed by atoms with Crippen LogP contribution in [0, 0.1) is 5.82 Å². The van der Waals surface area contributed by atoms with Crippen molar-refractivity contribution in [1.29, 1.82) is 0 Å². The molecule has 0 aliphatic heterocycles. The summed E-state index contributed by atoms with van der Waals surface area (Å²) in [5.41, 5.74) is 3.87. The van der Waals surface area contributed by atoms with Gasteiger partial charge in [0.25, 0.3) is 0 Å². The van der Waals surface area contributed by atoms with Gasteiger partial charge < -0.3 is 0 Å². The van der Waals surface area contributed by atoms with Crippen molar-refractivity contribution >= 4 is 34.6 Å². The van der Waals surface area contributed by atoms with Gasteiger partial charge in [-0.1, -0.05) is 46.9 Å². The molecule has 2 aromatic rings. The first-order valence-electron chi connectivity index (χ1n) is 5.38. The van der Waals surface area contributed by atoms with Gasteiger partial charge in [0.15, 0.2) is 11.6 Å². The summed E-state index contributed by atoms with van der Waals surface area (Å²) in [5, 5.41) is 3.91. The number of rotatable bonds is 4. The third-order valence-electron chi connectivity index (χ3n) is 2.34. The zero-order chi connectivity index (χ0) is 13.7. The third kappa shape index (κ3) is 3.60. The Kier molecular flexibility index (Phi) is 4.61. The molecule has 98 valence electrons. The van der Waals surface area contributed by atoms with Gasteiger partial charge in [-0.3, -0.25) is 10.4 Å². The molecule has 0 bridgehead atoms. The number of nitrogens with one attached hydrogen (secondary N) is 2. The minimum Gasteiger partial charge on any atom is -0.288 e. The van der Waals surface area contributed by atoms with E-state index in [9.17, 15) is 9.18 Å². The molecule has 0 saturated carbocycles. The molecule has 1 aromatic carbocycles. The molecule has 2 rings (SSSR count). The second-order valence-corrected chi connectivity index (χ2v) is 4.38. The molecule has 0 aliphatic carbocycles. The van der Waals surface area contributed by atoms with E-state index in [-0.39, 0.29) is 5.82 Å². The van der Waals surface area contributed by atoms with Gasteiger partial charge in [-0.2, -0.15) is 10.1 Å². The van der Waals surface area contributed by atoms with Crippen LogP contribution >= 0.6 is 22.6 Å². The third-order valence-corrected chi connectivity index (χ3v) is 3.17. The summed E-state index contributed by atoms with van der Waals surface area (Å²) < 4.78 is 14.1. The van der Waals surface area contributed by atoms with Crippen LogP contribution in [0.3, 0.4) is 0 Å². The average molecular weight is 372 g/mol. The Balaban J connectivity index is 2.16. The molecule has 2 N–H and O–H groups in total. The SMILES string of the molecule is O=c1ncc(F)c(N/N=C/c2ccccc2CI)[nH]1. The molecule has 5 nitrogen and oxygen atoms in total. The summed E-state index contributed by atoms with van der Waals surface area (Å²) in [7, 11) is 0. The van der Waals surface area contributed by atoms with Crippen LogP contribution in [0.25, 0.3) is 0 Å². The van der Waals surface area contributed by atoms with Gasteiger partial charge in [0.1, 0.15) is 0 Å². The molecule has 0 aliphatic rings. The van der Waals surface area contributed by atoms with Crippen molar-refractivity contribution in [2.24, 2.45) is 5.10 Å². The van der Waals surface area contributed by atoms with Crippen molar-refractivity contribution in [1.82, 2.24) is 9.97 Å². The predicted octanol–water partition coefficient (Wildman–Crippen LogP) is 2.29. The maximum absolute atomic E-state index is 13.3. The normalized spacial score (nSPS) is 10.8. The molecule has 1 aromatic heterocycles. The molecule has 1 heterocycles. The van der Waals surface area contributed by atoms with Crippen molar-refractivity contribution in [2.75, 3.05) is 5.43 Å². The average Bonchev–Trinajstić information content (AvgIpc) is 2.43. The molecule has 0 radical (unpaired) electrons. The standard InChI is InChI=1S/C12H10FIN4O/c13-10-7-15-12(19)17-11(10)18-16-6-9-4-2-1-3-8(9)5-14/h1-4,6-7H,5H2,(H2,15,17,18,19)/b16-6+. The first-order chi connectivity index (χ1) is 9.20. The van der Waals surface area contributed by atoms with E-state index in [1.54, 1.807) is 6.21 Å². The number of hydrogen-bond donors (Lipinski definition) is 2. The lowest BCUT2D eigenvalue weighted by atomic mass is 10.1. The Labute approximate surface area is 122 Å². The lowest BCUT2D eigenvalue weighted by molar-refractivity contribution is 0.614. The maximum atomic E-state index is 13.3. The van der Waals surface area contributed by atoms with Gasteiger partial charge in [-0.15, -0.1) is 0 Å². The quantitative estimate of drug-likeness (QED) is 0.375. The molecule has 0 saturated heterocycles. The number of halogens is 2. The molecular weight excluding hydrogens is 362 g/mol. The van der Waals surface area contributed by atoms with Crippen LogP contribution in [0.15, 0.2) is 40.4 Å². The Morgan fingerprint density at radius 2 is 2.26 bits per heavy atom. The van der Waals surface area contributed by atoms with Crippen LogP contribution in [0.1, 0.15) is 11.1 Å². The first kappa shape index (κ1) is 13.7. The van der Waals surface area contributed by atoms with Gasteiger partial charge >= 0.3 is 5.69 Å². The Bertz CT molecular complexity index is 656. The van der Waals surface area contributed by atoms with E-state index in [4.69, 9.17) is 0 Å². The maximum Gasteiger partial charge on any atom is 0.346 e. The van der Waals surface area contributed by atoms with E-state index < -0.39 is 11.5 Å². The van der Waals surface area contributed by atoms with Crippen LogP contribution < -0.4 is 11.1 Å². The van der Waals surface area contributed by atoms with Crippen LogP contribution in [0.4, 0.5) is 10.2 Å². The number of anilines is 1. The van der Waals surface area contributed by atoms with Crippen LogP contribution in [0.2, 0.25) is 0 Å². The van der Waals surface area contributed by atoms with E-state index in [1.165, 1.54) is 0 Å². The number of hydrazone groups is 1. The molecular formula is C12H10FIN4O. The van der Waals surface area contributed by atoms with E-state index in [0.29, 0.717) is 0 Å². The summed E-state index contributed by atoms with van der Waals surface area (Å²) in [6.07, 6.45) is 2.42. The highest BCUT2D eigenvalue weighted by atomic mass is 127. The number of hydrogen-bond acceptors (Lipinski definition) is 4. The summed E-state index contributed by atoms with van der Waals surface area (Å²) >= 11 is 2.25. The molecule has 0 atom stereocenters. The molecule has 19 heavy (non-hydrogen) atoms. The van der Waals surface area contributed by atoms with Crippen molar-refractivity contribution in [3.05, 3.63) is 57.9 Å². The predicted molar refractivity (Wildman–Crippen MR) is 80.2 cm³/mol. The van der Waals surface area contributed by atoms with E-state index in [0.717, 1.165) is 21.8 Å². The number of H-pyrrole nitrogens is 1. The van der Waals surface area contributed by atoms with Crippen molar-refractivity contribution in [3.63, 3.8) is 0 Å². The van der Waals surface area contributed by atoms with Gasteiger partial charge in [-0.25, -0.2) is 9.18 Å². The summed E-state index contributed by atoms with van der Waals surface area (Å²) in [4.78, 5) is 16.4. The fraction of sp³-hybridized carbons (Fsp3) is 0.0833. The fourth-order valence-corrected chi connectivity index (χ4v) is 2.10. The highest BCUT2D eigenvalue weighted by Gasteiger charge is 2.02. The molecule has 0 spiro atoms. The summed E-state index contributed by atoms with van der Waals surface area (Å²) in [6, 6.07) is 7.73. The Hall–Kier alpha value is -1.77. The van der Waals surface area contributed by atoms with E-state index >= 15 is 0 Å². The Morgan fingerprint density at radius 1 is 1.47 bits per heavy atom. The zero-order valence-corrected chi connectivity index (χ0v) is 11.9. The highest BCUT2D eigenvalue weighted by molar-refractivity contribution is 14.1. The zero-order valence-electron chi connectivity index (χ0n) is 9.73. The number of benzene rings is 1. The number of aromatic amines is 1. The van der Waals surface area contributed by atoms with Gasteiger partial charge in [0.05, 0.1) is 12.4 Å². The lowest BCUT2D eigenvalue weighted by Crippen LogP contribution is -2.13. The number of aromatic nitrogens is 2. The van der Waals surface area contributed by atoms with Crippen LogP contribution in [-0.2, 0) is 4.43 Å². The smallest absolute Gasteiger partial charge is 0.288 e. The Morgan fingerprint density at radius 3 is 3.05 bits per heavy atom. The van der Waals surface area contributed by atoms with Crippen molar-refractivity contribution in [3.8, 4) is 0 Å². The second-order valence-electron chi connectivity index (χ2n) is 3.61. The van der Waals surface area contributed by atoms with Crippen LogP contribution in [0.5, 0.6) is 0 Å². The van der Waals surface area contributed by atoms with E-state index in [1.807, 2.05) is 24.3 Å².